The zero-order chi connectivity index (χ0) is 9.26. The van der Waals surface area contributed by atoms with Crippen LogP contribution in [0.4, 0.5) is 0 Å². The summed E-state index contributed by atoms with van der Waals surface area (Å²) in [5.74, 6) is 0.502. The second kappa shape index (κ2) is 3.52. The van der Waals surface area contributed by atoms with Gasteiger partial charge >= 0.3 is 0 Å². The van der Waals surface area contributed by atoms with Gasteiger partial charge in [0.1, 0.15) is 12.3 Å². The van der Waals surface area contributed by atoms with Gasteiger partial charge in [-0.1, -0.05) is 23.2 Å². The van der Waals surface area contributed by atoms with Gasteiger partial charge in [-0.15, -0.1) is 0 Å². The van der Waals surface area contributed by atoms with Gasteiger partial charge in [0.25, 0.3) is 0 Å². The van der Waals surface area contributed by atoms with Crippen LogP contribution >= 0.6 is 23.2 Å². The van der Waals surface area contributed by atoms with Gasteiger partial charge in [-0.3, -0.25) is 0 Å². The molecule has 13 heavy (non-hydrogen) atoms. The van der Waals surface area contributed by atoms with Crippen LogP contribution in [0, 0.1) is 0 Å². The van der Waals surface area contributed by atoms with E-state index in [9.17, 15) is 0 Å². The quantitative estimate of drug-likeness (QED) is 0.722. The third-order valence-corrected chi connectivity index (χ3v) is 2.09. The molecule has 68 valence electrons. The van der Waals surface area contributed by atoms with Crippen molar-refractivity contribution in [2.24, 2.45) is 4.99 Å². The van der Waals surface area contributed by atoms with Crippen molar-refractivity contribution in [3.63, 3.8) is 0 Å². The molecule has 0 atom stereocenters. The molecule has 1 aliphatic heterocycles. The molecule has 0 saturated carbocycles. The highest BCUT2D eigenvalue weighted by atomic mass is 35.5. The maximum Gasteiger partial charge on any atom is 0.237 e. The first kappa shape index (κ1) is 8.78. The van der Waals surface area contributed by atoms with Crippen LogP contribution in [0.5, 0.6) is 0 Å². The van der Waals surface area contributed by atoms with E-state index >= 15 is 0 Å². The summed E-state index contributed by atoms with van der Waals surface area (Å²) in [4.78, 5) is 8.14. The molecule has 3 nitrogen and oxygen atoms in total. The number of aliphatic imine (C=N–C) groups is 1. The van der Waals surface area contributed by atoms with Crippen molar-refractivity contribution in [1.29, 1.82) is 0 Å². The maximum atomic E-state index is 5.90. The first-order valence-electron chi connectivity index (χ1n) is 3.76. The molecule has 0 radical (unpaired) electrons. The van der Waals surface area contributed by atoms with Crippen LogP contribution < -0.4 is 0 Å². The van der Waals surface area contributed by atoms with Gasteiger partial charge in [-0.25, -0.2) is 9.98 Å². The Kier molecular flexibility index (Phi) is 2.38. The number of aromatic nitrogens is 1. The average Bonchev–Trinajstić information content (AvgIpc) is 2.56. The molecular formula is C8H6Cl2N2O. The average molecular weight is 217 g/mol. The molecule has 1 aliphatic rings. The lowest BCUT2D eigenvalue weighted by Crippen LogP contribution is -2.04. The standard InChI is InChI=1S/C8H6Cl2N2O/c9-5-3-6(10)7(12-4-5)8-11-1-2-13-8/h3-4H,1-2H2. The van der Waals surface area contributed by atoms with Crippen molar-refractivity contribution >= 4 is 29.1 Å². The van der Waals surface area contributed by atoms with Crippen LogP contribution in [-0.2, 0) is 4.74 Å². The van der Waals surface area contributed by atoms with E-state index in [1.165, 1.54) is 6.20 Å². The molecule has 0 fully saturated rings. The van der Waals surface area contributed by atoms with Gasteiger partial charge < -0.3 is 4.74 Å². The summed E-state index contributed by atoms with van der Waals surface area (Å²) in [7, 11) is 0. The van der Waals surface area contributed by atoms with Crippen molar-refractivity contribution in [3.05, 3.63) is 28.0 Å². The number of nitrogens with zero attached hydrogens (tertiary/aromatic N) is 2. The van der Waals surface area contributed by atoms with E-state index in [-0.39, 0.29) is 0 Å². The lowest BCUT2D eigenvalue weighted by atomic mass is 10.3. The second-order valence-electron chi connectivity index (χ2n) is 2.52. The Labute approximate surface area is 85.4 Å². The predicted molar refractivity (Wildman–Crippen MR) is 51.6 cm³/mol. The first-order valence-corrected chi connectivity index (χ1v) is 4.51. The van der Waals surface area contributed by atoms with E-state index in [0.29, 0.717) is 34.8 Å². The molecule has 0 bridgehead atoms. The van der Waals surface area contributed by atoms with Crippen molar-refractivity contribution in [2.45, 2.75) is 0 Å². The van der Waals surface area contributed by atoms with Gasteiger partial charge in [0.05, 0.1) is 16.6 Å². The van der Waals surface area contributed by atoms with Gasteiger partial charge in [-0.05, 0) is 6.07 Å². The summed E-state index contributed by atoms with van der Waals surface area (Å²) < 4.78 is 5.22. The summed E-state index contributed by atoms with van der Waals surface area (Å²) in [5.41, 5.74) is 0.559. The van der Waals surface area contributed by atoms with Crippen LogP contribution in [0.15, 0.2) is 17.3 Å². The zero-order valence-corrected chi connectivity index (χ0v) is 8.14. The number of ether oxygens (including phenoxy) is 1. The number of pyridine rings is 1. The summed E-state index contributed by atoms with van der Waals surface area (Å²) in [6, 6.07) is 1.62. The normalized spacial score (nSPS) is 15.4. The third kappa shape index (κ3) is 1.76. The molecule has 2 heterocycles. The van der Waals surface area contributed by atoms with E-state index < -0.39 is 0 Å². The minimum Gasteiger partial charge on any atom is -0.474 e. The lowest BCUT2D eigenvalue weighted by Gasteiger charge is -2.02. The van der Waals surface area contributed by atoms with Gasteiger partial charge in [-0.2, -0.15) is 0 Å². The van der Waals surface area contributed by atoms with Crippen LogP contribution in [0.3, 0.4) is 0 Å². The molecule has 0 saturated heterocycles. The van der Waals surface area contributed by atoms with Gasteiger partial charge in [0, 0.05) is 6.20 Å². The highest BCUT2D eigenvalue weighted by molar-refractivity contribution is 6.36. The summed E-state index contributed by atoms with van der Waals surface area (Å²) in [5, 5.41) is 0.973. The Hall–Kier alpha value is -0.800. The summed E-state index contributed by atoms with van der Waals surface area (Å²) in [6.07, 6.45) is 1.52. The van der Waals surface area contributed by atoms with E-state index in [1.54, 1.807) is 6.07 Å². The van der Waals surface area contributed by atoms with E-state index in [2.05, 4.69) is 9.98 Å². The van der Waals surface area contributed by atoms with Crippen molar-refractivity contribution in [2.75, 3.05) is 13.2 Å². The fourth-order valence-corrected chi connectivity index (χ4v) is 1.51. The van der Waals surface area contributed by atoms with Crippen molar-refractivity contribution in [1.82, 2.24) is 4.98 Å². The van der Waals surface area contributed by atoms with Crippen LogP contribution in [0.1, 0.15) is 5.69 Å². The Morgan fingerprint density at radius 2 is 2.23 bits per heavy atom. The largest absolute Gasteiger partial charge is 0.474 e. The van der Waals surface area contributed by atoms with Gasteiger partial charge in [0.2, 0.25) is 5.90 Å². The fourth-order valence-electron chi connectivity index (χ4n) is 1.05. The minimum absolute atomic E-state index is 0.466. The van der Waals surface area contributed by atoms with E-state index in [0.717, 1.165) is 0 Å². The molecular weight excluding hydrogens is 211 g/mol. The molecule has 2 rings (SSSR count). The summed E-state index contributed by atoms with van der Waals surface area (Å²) in [6.45, 7) is 1.26. The zero-order valence-electron chi connectivity index (χ0n) is 6.63. The third-order valence-electron chi connectivity index (χ3n) is 1.60. The number of hydrogen-bond donors (Lipinski definition) is 0. The summed E-state index contributed by atoms with van der Waals surface area (Å²) >= 11 is 11.6. The Balaban J connectivity index is 2.40. The predicted octanol–water partition coefficient (Wildman–Crippen LogP) is 2.17. The molecule has 0 N–H and O–H groups in total. The van der Waals surface area contributed by atoms with E-state index in [4.69, 9.17) is 27.9 Å². The van der Waals surface area contributed by atoms with Gasteiger partial charge in [0.15, 0.2) is 0 Å². The highest BCUT2D eigenvalue weighted by Crippen LogP contribution is 2.20. The van der Waals surface area contributed by atoms with E-state index in [1.807, 2.05) is 0 Å². The molecule has 0 aliphatic carbocycles. The van der Waals surface area contributed by atoms with Crippen LogP contribution in [0.2, 0.25) is 10.0 Å². The highest BCUT2D eigenvalue weighted by Gasteiger charge is 2.15. The molecule has 0 unspecified atom stereocenters. The van der Waals surface area contributed by atoms with Crippen molar-refractivity contribution < 1.29 is 4.74 Å². The SMILES string of the molecule is Clc1cnc(C2=NCCO2)c(Cl)c1. The molecule has 1 aromatic heterocycles. The Bertz CT molecular complexity index is 365. The molecule has 5 heteroatoms. The second-order valence-corrected chi connectivity index (χ2v) is 3.36. The topological polar surface area (TPSA) is 34.5 Å². The number of hydrogen-bond acceptors (Lipinski definition) is 3. The Morgan fingerprint density at radius 1 is 1.38 bits per heavy atom. The smallest absolute Gasteiger partial charge is 0.237 e. The van der Waals surface area contributed by atoms with Crippen LogP contribution in [0.25, 0.3) is 0 Å². The molecule has 1 aromatic rings. The number of rotatable bonds is 1. The van der Waals surface area contributed by atoms with Crippen molar-refractivity contribution in [3.8, 4) is 0 Å². The number of halogens is 2. The monoisotopic (exact) mass is 216 g/mol. The Morgan fingerprint density at radius 3 is 2.85 bits per heavy atom. The minimum atomic E-state index is 0.466. The molecule has 0 aromatic carbocycles. The fraction of sp³-hybridized carbons (Fsp3) is 0.250. The molecule has 0 amide bonds. The maximum absolute atomic E-state index is 5.90. The van der Waals surface area contributed by atoms with Crippen LogP contribution in [-0.4, -0.2) is 24.0 Å². The first-order chi connectivity index (χ1) is 6.27. The molecule has 0 spiro atoms. The lowest BCUT2D eigenvalue weighted by molar-refractivity contribution is 0.347.